The summed E-state index contributed by atoms with van der Waals surface area (Å²) in [5, 5.41) is 11.1. The zero-order valence-corrected chi connectivity index (χ0v) is 8.64. The Hall–Kier alpha value is -0.0800. The molecule has 74 valence electrons. The Labute approximate surface area is 76.4 Å². The predicted octanol–water partition coefficient (Wildman–Crippen LogP) is 1.78. The molecule has 0 amide bonds. The molecule has 1 saturated carbocycles. The maximum atomic E-state index is 7.57. The van der Waals surface area contributed by atoms with Gasteiger partial charge in [-0.2, -0.15) is 0 Å². The van der Waals surface area contributed by atoms with E-state index in [0.29, 0.717) is 0 Å². The summed E-state index contributed by atoms with van der Waals surface area (Å²) >= 11 is 0. The smallest absolute Gasteiger partial charge is 0.0402 e. The zero-order chi connectivity index (χ0) is 9.40. The molecule has 1 fully saturated rings. The molecule has 0 saturated heterocycles. The van der Waals surface area contributed by atoms with Crippen LogP contribution in [0.3, 0.4) is 0 Å². The van der Waals surface area contributed by atoms with Gasteiger partial charge in [-0.05, 0) is 38.6 Å². The summed E-state index contributed by atoms with van der Waals surface area (Å²) in [5.74, 6) is 0.941. The molecule has 1 rings (SSSR count). The molecule has 2 heteroatoms. The number of aliphatic hydroxyl groups excluding tert-OH is 1. The standard InChI is InChI=1S/C8H17N.C2H6O/c1-3-6-9-8-5-4-7(8)2;1-2-3/h7-9H,3-6H2,1-2H3;3H,2H2,1H3. The van der Waals surface area contributed by atoms with Gasteiger partial charge in [-0.3, -0.25) is 0 Å². The summed E-state index contributed by atoms with van der Waals surface area (Å²) in [4.78, 5) is 0. The van der Waals surface area contributed by atoms with Gasteiger partial charge in [-0.1, -0.05) is 13.8 Å². The Morgan fingerprint density at radius 2 is 1.92 bits per heavy atom. The highest BCUT2D eigenvalue weighted by Crippen LogP contribution is 2.25. The van der Waals surface area contributed by atoms with Crippen LogP contribution in [0.4, 0.5) is 0 Å². The fourth-order valence-electron chi connectivity index (χ4n) is 1.30. The number of hydrogen-bond acceptors (Lipinski definition) is 2. The van der Waals surface area contributed by atoms with Gasteiger partial charge in [0.15, 0.2) is 0 Å². The first-order valence-electron chi connectivity index (χ1n) is 5.10. The van der Waals surface area contributed by atoms with Crippen LogP contribution in [-0.2, 0) is 0 Å². The molecule has 0 heterocycles. The van der Waals surface area contributed by atoms with Crippen LogP contribution in [0.2, 0.25) is 0 Å². The largest absolute Gasteiger partial charge is 0.397 e. The van der Waals surface area contributed by atoms with E-state index in [9.17, 15) is 0 Å². The molecule has 2 nitrogen and oxygen atoms in total. The molecule has 0 aromatic rings. The van der Waals surface area contributed by atoms with E-state index < -0.39 is 0 Å². The topological polar surface area (TPSA) is 32.3 Å². The molecule has 0 radical (unpaired) electrons. The Bertz CT molecular complexity index is 95.8. The van der Waals surface area contributed by atoms with Gasteiger partial charge in [-0.25, -0.2) is 0 Å². The lowest BCUT2D eigenvalue weighted by atomic mass is 9.81. The molecule has 1 aliphatic rings. The van der Waals surface area contributed by atoms with E-state index in [1.165, 1.54) is 25.8 Å². The van der Waals surface area contributed by atoms with Crippen LogP contribution in [0.5, 0.6) is 0 Å². The minimum absolute atomic E-state index is 0.250. The van der Waals surface area contributed by atoms with Gasteiger partial charge in [0.2, 0.25) is 0 Å². The fraction of sp³-hybridized carbons (Fsp3) is 1.00. The van der Waals surface area contributed by atoms with Gasteiger partial charge in [0.25, 0.3) is 0 Å². The third-order valence-corrected chi connectivity index (χ3v) is 2.28. The van der Waals surface area contributed by atoms with Crippen molar-refractivity contribution in [3.05, 3.63) is 0 Å². The Balaban J connectivity index is 0.000000354. The summed E-state index contributed by atoms with van der Waals surface area (Å²) in [7, 11) is 0. The van der Waals surface area contributed by atoms with E-state index in [4.69, 9.17) is 5.11 Å². The highest BCUT2D eigenvalue weighted by atomic mass is 16.2. The summed E-state index contributed by atoms with van der Waals surface area (Å²) in [5.41, 5.74) is 0. The van der Waals surface area contributed by atoms with Gasteiger partial charge in [0, 0.05) is 12.6 Å². The summed E-state index contributed by atoms with van der Waals surface area (Å²) in [6.45, 7) is 7.68. The quantitative estimate of drug-likeness (QED) is 0.682. The van der Waals surface area contributed by atoms with Crippen molar-refractivity contribution in [3.63, 3.8) is 0 Å². The summed E-state index contributed by atoms with van der Waals surface area (Å²) in [6.07, 6.45) is 4.10. The molecule has 1 aliphatic carbocycles. The third kappa shape index (κ3) is 4.73. The maximum Gasteiger partial charge on any atom is 0.0402 e. The first-order valence-corrected chi connectivity index (χ1v) is 5.10. The second-order valence-electron chi connectivity index (χ2n) is 3.43. The molecule has 0 aromatic carbocycles. The van der Waals surface area contributed by atoms with Gasteiger partial charge < -0.3 is 10.4 Å². The van der Waals surface area contributed by atoms with Crippen molar-refractivity contribution < 1.29 is 5.11 Å². The van der Waals surface area contributed by atoms with Gasteiger partial charge in [0.1, 0.15) is 0 Å². The number of hydrogen-bond donors (Lipinski definition) is 2. The maximum absolute atomic E-state index is 7.57. The molecule has 0 bridgehead atoms. The first-order chi connectivity index (χ1) is 5.76. The van der Waals surface area contributed by atoms with Crippen molar-refractivity contribution in [1.82, 2.24) is 5.32 Å². The molecular formula is C10H23NO. The highest BCUT2D eigenvalue weighted by molar-refractivity contribution is 4.82. The van der Waals surface area contributed by atoms with Gasteiger partial charge in [0.05, 0.1) is 0 Å². The molecular weight excluding hydrogens is 150 g/mol. The van der Waals surface area contributed by atoms with Crippen molar-refractivity contribution in [1.29, 1.82) is 0 Å². The Kier molecular flexibility index (Phi) is 7.51. The van der Waals surface area contributed by atoms with Crippen LogP contribution < -0.4 is 5.32 Å². The normalized spacial score (nSPS) is 27.0. The van der Waals surface area contributed by atoms with Crippen LogP contribution in [0.15, 0.2) is 0 Å². The summed E-state index contributed by atoms with van der Waals surface area (Å²) < 4.78 is 0. The number of nitrogens with one attached hydrogen (secondary N) is 1. The summed E-state index contributed by atoms with van der Waals surface area (Å²) in [6, 6.07) is 0.852. The van der Waals surface area contributed by atoms with E-state index >= 15 is 0 Å². The second kappa shape index (κ2) is 7.56. The third-order valence-electron chi connectivity index (χ3n) is 2.28. The molecule has 12 heavy (non-hydrogen) atoms. The minimum atomic E-state index is 0.250. The van der Waals surface area contributed by atoms with Crippen LogP contribution >= 0.6 is 0 Å². The van der Waals surface area contributed by atoms with Crippen molar-refractivity contribution in [2.45, 2.75) is 46.1 Å². The highest BCUT2D eigenvalue weighted by Gasteiger charge is 2.24. The van der Waals surface area contributed by atoms with Crippen molar-refractivity contribution in [2.75, 3.05) is 13.2 Å². The van der Waals surface area contributed by atoms with Crippen molar-refractivity contribution in [3.8, 4) is 0 Å². The van der Waals surface area contributed by atoms with Crippen LogP contribution in [0.1, 0.15) is 40.0 Å². The minimum Gasteiger partial charge on any atom is -0.397 e. The molecule has 0 spiro atoms. The monoisotopic (exact) mass is 173 g/mol. The van der Waals surface area contributed by atoms with Crippen LogP contribution in [-0.4, -0.2) is 24.3 Å². The zero-order valence-electron chi connectivity index (χ0n) is 8.64. The lowest BCUT2D eigenvalue weighted by Crippen LogP contribution is -2.42. The molecule has 0 aliphatic heterocycles. The number of aliphatic hydroxyl groups is 1. The average Bonchev–Trinajstić information content (AvgIpc) is 2.04. The molecule has 0 aromatic heterocycles. The molecule has 2 N–H and O–H groups in total. The predicted molar refractivity (Wildman–Crippen MR) is 53.2 cm³/mol. The Morgan fingerprint density at radius 1 is 1.33 bits per heavy atom. The first kappa shape index (κ1) is 11.9. The van der Waals surface area contributed by atoms with E-state index in [-0.39, 0.29) is 6.61 Å². The van der Waals surface area contributed by atoms with Crippen LogP contribution in [0.25, 0.3) is 0 Å². The number of rotatable bonds is 3. The lowest BCUT2D eigenvalue weighted by Gasteiger charge is -2.34. The van der Waals surface area contributed by atoms with Crippen LogP contribution in [0, 0.1) is 5.92 Å². The molecule has 2 unspecified atom stereocenters. The average molecular weight is 173 g/mol. The van der Waals surface area contributed by atoms with E-state index in [2.05, 4.69) is 19.2 Å². The lowest BCUT2D eigenvalue weighted by molar-refractivity contribution is 0.231. The van der Waals surface area contributed by atoms with Gasteiger partial charge >= 0.3 is 0 Å². The second-order valence-corrected chi connectivity index (χ2v) is 3.43. The van der Waals surface area contributed by atoms with Gasteiger partial charge in [-0.15, -0.1) is 0 Å². The fourth-order valence-corrected chi connectivity index (χ4v) is 1.30. The van der Waals surface area contributed by atoms with Crippen molar-refractivity contribution in [2.24, 2.45) is 5.92 Å². The van der Waals surface area contributed by atoms with E-state index in [1.54, 1.807) is 6.92 Å². The van der Waals surface area contributed by atoms with E-state index in [1.807, 2.05) is 0 Å². The van der Waals surface area contributed by atoms with Crippen molar-refractivity contribution >= 4 is 0 Å². The SMILES string of the molecule is CCCNC1CCC1C.CCO. The molecule has 2 atom stereocenters. The Morgan fingerprint density at radius 3 is 2.17 bits per heavy atom. The van der Waals surface area contributed by atoms with E-state index in [0.717, 1.165) is 12.0 Å².